The number of sulfonamides is 1. The number of aromatic nitrogens is 3. The summed E-state index contributed by atoms with van der Waals surface area (Å²) in [6.07, 6.45) is -8.54. The Balaban J connectivity index is 1.70. The third-order valence-corrected chi connectivity index (χ3v) is 8.25. The van der Waals surface area contributed by atoms with Gasteiger partial charge in [0.15, 0.2) is 11.3 Å². The van der Waals surface area contributed by atoms with Crippen molar-refractivity contribution >= 4 is 27.0 Å². The summed E-state index contributed by atoms with van der Waals surface area (Å²) in [5.41, 5.74) is -2.68. The highest BCUT2D eigenvalue weighted by atomic mass is 32.2. The first-order valence-corrected chi connectivity index (χ1v) is 13.3. The molecule has 0 amide bonds. The lowest BCUT2D eigenvalue weighted by Crippen LogP contribution is -2.30. The Morgan fingerprint density at radius 1 is 1.00 bits per heavy atom. The van der Waals surface area contributed by atoms with Crippen LogP contribution in [0.4, 0.5) is 26.3 Å². The molecule has 1 N–H and O–H groups in total. The zero-order chi connectivity index (χ0) is 28.6. The van der Waals surface area contributed by atoms with Crippen LogP contribution in [0.15, 0.2) is 53.0 Å². The minimum atomic E-state index is -4.83. The lowest BCUT2D eigenvalue weighted by molar-refractivity contribution is -0.142. The Morgan fingerprint density at radius 2 is 1.69 bits per heavy atom. The van der Waals surface area contributed by atoms with Crippen LogP contribution in [0.25, 0.3) is 16.9 Å². The summed E-state index contributed by atoms with van der Waals surface area (Å²) < 4.78 is 108. The van der Waals surface area contributed by atoms with E-state index in [1.54, 1.807) is 14.1 Å². The maximum Gasteiger partial charge on any atom is 0.431 e. The smallest absolute Gasteiger partial charge is 0.308 e. The topological polar surface area (TPSA) is 79.6 Å². The Bertz CT molecular complexity index is 1660. The Morgan fingerprint density at radius 3 is 2.31 bits per heavy atom. The predicted molar refractivity (Wildman–Crippen MR) is 132 cm³/mol. The highest BCUT2D eigenvalue weighted by Crippen LogP contribution is 2.34. The molecule has 1 aromatic carbocycles. The molecule has 3 aromatic heterocycles. The van der Waals surface area contributed by atoms with Crippen molar-refractivity contribution in [3.63, 3.8) is 0 Å². The van der Waals surface area contributed by atoms with Gasteiger partial charge < -0.3 is 4.90 Å². The number of likely N-dealkylation sites (N-methyl/N-ethyl adjacent to an activating group) is 1. The first-order chi connectivity index (χ1) is 18.1. The summed E-state index contributed by atoms with van der Waals surface area (Å²) in [5, 5.41) is 0. The maximum absolute atomic E-state index is 13.8. The molecular weight excluding hydrogens is 568 g/mol. The molecule has 4 rings (SSSR count). The molecule has 206 valence electrons. The largest absolute Gasteiger partial charge is 0.431 e. The van der Waals surface area contributed by atoms with Crippen molar-refractivity contribution in [1.82, 2.24) is 24.0 Å². The minimum Gasteiger partial charge on any atom is -0.308 e. The van der Waals surface area contributed by atoms with Crippen molar-refractivity contribution in [3.8, 4) is 23.1 Å². The van der Waals surface area contributed by atoms with E-state index in [0.29, 0.717) is 21.9 Å². The van der Waals surface area contributed by atoms with Crippen LogP contribution in [0, 0.1) is 11.8 Å². The van der Waals surface area contributed by atoms with Crippen molar-refractivity contribution in [1.29, 1.82) is 0 Å². The molecule has 0 saturated carbocycles. The quantitative estimate of drug-likeness (QED) is 0.261. The average molecular weight is 588 g/mol. The van der Waals surface area contributed by atoms with Crippen molar-refractivity contribution in [2.45, 2.75) is 16.6 Å². The second-order valence-corrected chi connectivity index (χ2v) is 11.5. The van der Waals surface area contributed by atoms with Crippen LogP contribution in [-0.2, 0) is 22.4 Å². The van der Waals surface area contributed by atoms with E-state index >= 15 is 0 Å². The molecule has 0 saturated heterocycles. The van der Waals surface area contributed by atoms with Gasteiger partial charge in [0.05, 0.1) is 16.1 Å². The zero-order valence-corrected chi connectivity index (χ0v) is 21.9. The van der Waals surface area contributed by atoms with Gasteiger partial charge in [0.1, 0.15) is 16.2 Å². The average Bonchev–Trinajstić information content (AvgIpc) is 3.48. The molecule has 0 unspecified atom stereocenters. The summed E-state index contributed by atoms with van der Waals surface area (Å²) in [5.74, 6) is 5.31. The molecule has 0 atom stereocenters. The van der Waals surface area contributed by atoms with Crippen molar-refractivity contribution < 1.29 is 34.8 Å². The lowest BCUT2D eigenvalue weighted by atomic mass is 10.1. The predicted octanol–water partition coefficient (Wildman–Crippen LogP) is 4.74. The van der Waals surface area contributed by atoms with Gasteiger partial charge in [-0.3, -0.25) is 4.40 Å². The first kappa shape index (κ1) is 28.6. The summed E-state index contributed by atoms with van der Waals surface area (Å²) in [6, 6.07) is 7.10. The molecule has 0 radical (unpaired) electrons. The lowest BCUT2D eigenvalue weighted by Gasteiger charge is -2.12. The van der Waals surface area contributed by atoms with E-state index in [4.69, 9.17) is 0 Å². The van der Waals surface area contributed by atoms with Gasteiger partial charge in [-0.15, -0.1) is 11.3 Å². The van der Waals surface area contributed by atoms with Gasteiger partial charge in [-0.1, -0.05) is 12.1 Å². The standard InChI is InChI=1S/C24H19F6N5O2S2/c1-34(2)12-11-32-39(36,37)21-10-8-17(38-21)7-9-18-22-33-19(13-20(24(28,29)30)35(22)14-31-18)15-3-5-16(6-4-15)23(25,26)27/h3-6,8,10,13-14,32H,11-12H2,1-2H3. The second-order valence-electron chi connectivity index (χ2n) is 8.46. The van der Waals surface area contributed by atoms with E-state index in [0.717, 1.165) is 41.9 Å². The van der Waals surface area contributed by atoms with E-state index in [1.165, 1.54) is 12.1 Å². The molecule has 0 fully saturated rings. The second kappa shape index (κ2) is 10.6. The number of hydrogen-bond acceptors (Lipinski definition) is 6. The van der Waals surface area contributed by atoms with Crippen LogP contribution in [0.5, 0.6) is 0 Å². The van der Waals surface area contributed by atoms with Crippen LogP contribution in [0.2, 0.25) is 0 Å². The van der Waals surface area contributed by atoms with Crippen LogP contribution in [-0.4, -0.2) is 54.9 Å². The highest BCUT2D eigenvalue weighted by Gasteiger charge is 2.35. The van der Waals surface area contributed by atoms with Gasteiger partial charge in [0.25, 0.3) is 0 Å². The van der Waals surface area contributed by atoms with Crippen LogP contribution in [0.3, 0.4) is 0 Å². The number of rotatable bonds is 6. The number of nitrogens with zero attached hydrogens (tertiary/aromatic N) is 4. The van der Waals surface area contributed by atoms with E-state index in [2.05, 4.69) is 26.5 Å². The molecule has 0 aliphatic heterocycles. The van der Waals surface area contributed by atoms with Crippen molar-refractivity contribution in [3.05, 3.63) is 70.6 Å². The monoisotopic (exact) mass is 587 g/mol. The summed E-state index contributed by atoms with van der Waals surface area (Å²) >= 11 is 0.872. The van der Waals surface area contributed by atoms with Crippen molar-refractivity contribution in [2.75, 3.05) is 27.2 Å². The van der Waals surface area contributed by atoms with Gasteiger partial charge in [-0.05, 0) is 56.3 Å². The van der Waals surface area contributed by atoms with Crippen LogP contribution in [0.1, 0.15) is 21.8 Å². The molecular formula is C24H19F6N5O2S2. The van der Waals surface area contributed by atoms with Crippen LogP contribution < -0.4 is 4.72 Å². The van der Waals surface area contributed by atoms with Gasteiger partial charge in [-0.25, -0.2) is 23.1 Å². The Kier molecular flexibility index (Phi) is 7.77. The van der Waals surface area contributed by atoms with Gasteiger partial charge in [0, 0.05) is 18.7 Å². The molecule has 0 spiro atoms. The third kappa shape index (κ3) is 6.59. The molecule has 7 nitrogen and oxygen atoms in total. The number of alkyl halides is 6. The molecule has 0 aliphatic carbocycles. The fraction of sp³-hybridized carbons (Fsp3) is 0.250. The van der Waals surface area contributed by atoms with E-state index in [9.17, 15) is 34.8 Å². The third-order valence-electron chi connectivity index (χ3n) is 5.30. The van der Waals surface area contributed by atoms with Crippen molar-refractivity contribution in [2.24, 2.45) is 0 Å². The fourth-order valence-electron chi connectivity index (χ4n) is 3.38. The Labute approximate surface area is 223 Å². The number of imidazole rings is 1. The fourth-order valence-corrected chi connectivity index (χ4v) is 5.61. The molecule has 39 heavy (non-hydrogen) atoms. The Hall–Kier alpha value is -3.45. The number of hydrogen-bond donors (Lipinski definition) is 1. The number of fused-ring (bicyclic) bond motifs is 1. The summed E-state index contributed by atoms with van der Waals surface area (Å²) in [7, 11) is -0.171. The number of nitrogens with one attached hydrogen (secondary N) is 1. The molecule has 15 heteroatoms. The maximum atomic E-state index is 13.8. The molecule has 0 aliphatic rings. The highest BCUT2D eigenvalue weighted by molar-refractivity contribution is 7.91. The molecule has 4 aromatic rings. The number of benzene rings is 1. The molecule has 0 bridgehead atoms. The van der Waals surface area contributed by atoms with E-state index < -0.39 is 33.6 Å². The normalized spacial score (nSPS) is 12.6. The number of halogens is 6. The van der Waals surface area contributed by atoms with Gasteiger partial charge in [0.2, 0.25) is 10.0 Å². The van der Waals surface area contributed by atoms with Gasteiger partial charge >= 0.3 is 12.4 Å². The first-order valence-electron chi connectivity index (χ1n) is 11.0. The van der Waals surface area contributed by atoms with Crippen LogP contribution >= 0.6 is 11.3 Å². The van der Waals surface area contributed by atoms with Gasteiger partial charge in [-0.2, -0.15) is 26.3 Å². The summed E-state index contributed by atoms with van der Waals surface area (Å²) in [6.45, 7) is 0.690. The number of thiophene rings is 1. The summed E-state index contributed by atoms with van der Waals surface area (Å²) in [4.78, 5) is 10.2. The SMILES string of the molecule is CN(C)CCNS(=O)(=O)c1ccc(C#Cc2ncn3c(C(F)(F)F)cc(-c4ccc(C(F)(F)F)cc4)nc23)s1. The van der Waals surface area contributed by atoms with E-state index in [-0.39, 0.29) is 33.4 Å². The minimum absolute atomic E-state index is 0.0160. The van der Waals surface area contributed by atoms with E-state index in [1.807, 2.05) is 4.90 Å². The zero-order valence-electron chi connectivity index (χ0n) is 20.2. The molecule has 3 heterocycles.